The van der Waals surface area contributed by atoms with Gasteiger partial charge in [-0.2, -0.15) is 10.0 Å². The summed E-state index contributed by atoms with van der Waals surface area (Å²) in [4.78, 5) is 26.7. The van der Waals surface area contributed by atoms with E-state index < -0.39 is 17.3 Å². The van der Waals surface area contributed by atoms with Crippen LogP contribution in [0.1, 0.15) is 29.6 Å². The summed E-state index contributed by atoms with van der Waals surface area (Å²) in [6.45, 7) is 0.00826. The van der Waals surface area contributed by atoms with Gasteiger partial charge in [-0.15, -0.1) is 0 Å². The van der Waals surface area contributed by atoms with E-state index in [1.165, 1.54) is 18.2 Å². The standard InChI is InChI=1S/C12H15NO7/c14-11(7-3-4-8-19-13(17)18)20-10-6-2-1-5-9(10)12(15)16/h1-2,5-6,13,17H,3-4,7-8H2,(H,15,16). The molecule has 1 atom stereocenters. The zero-order chi connectivity index (χ0) is 15.0. The van der Waals surface area contributed by atoms with Gasteiger partial charge >= 0.3 is 11.9 Å². The van der Waals surface area contributed by atoms with E-state index in [1.807, 2.05) is 0 Å². The molecule has 3 N–H and O–H groups in total. The maximum Gasteiger partial charge on any atom is 0.339 e. The van der Waals surface area contributed by atoms with Crippen LogP contribution in [0, 0.1) is 5.21 Å². The lowest BCUT2D eigenvalue weighted by atomic mass is 10.2. The normalized spacial score (nSPS) is 11.9. The minimum absolute atomic E-state index is 0.00761. The fourth-order valence-corrected chi connectivity index (χ4v) is 1.44. The molecule has 0 fully saturated rings. The second-order valence-corrected chi connectivity index (χ2v) is 3.85. The summed E-state index contributed by atoms with van der Waals surface area (Å²) in [5.74, 6) is -1.76. The molecule has 0 saturated heterocycles. The maximum absolute atomic E-state index is 11.5. The van der Waals surface area contributed by atoms with Gasteiger partial charge in [0.25, 0.3) is 0 Å². The summed E-state index contributed by atoms with van der Waals surface area (Å²) < 4.78 is 4.96. The summed E-state index contributed by atoms with van der Waals surface area (Å²) in [6, 6.07) is 5.83. The van der Waals surface area contributed by atoms with Gasteiger partial charge in [-0.05, 0) is 25.0 Å². The molecular formula is C12H15NO7. The van der Waals surface area contributed by atoms with Crippen LogP contribution in [-0.4, -0.2) is 28.9 Å². The highest BCUT2D eigenvalue weighted by atomic mass is 17.1. The Morgan fingerprint density at radius 3 is 2.60 bits per heavy atom. The average Bonchev–Trinajstić information content (AvgIpc) is 2.38. The molecule has 20 heavy (non-hydrogen) atoms. The van der Waals surface area contributed by atoms with Crippen molar-refractivity contribution >= 4 is 11.9 Å². The molecule has 0 heterocycles. The second-order valence-electron chi connectivity index (χ2n) is 3.85. The van der Waals surface area contributed by atoms with E-state index in [-0.39, 0.29) is 24.3 Å². The predicted octanol–water partition coefficient (Wildman–Crippen LogP) is 0.164. The number of hydrogen-bond donors (Lipinski definition) is 3. The van der Waals surface area contributed by atoms with Gasteiger partial charge < -0.3 is 15.1 Å². The number of aromatic carboxylic acids is 1. The highest BCUT2D eigenvalue weighted by Gasteiger charge is 2.13. The largest absolute Gasteiger partial charge is 0.566 e. The number of carbonyl (C=O) groups is 2. The minimum atomic E-state index is -1.36. The third-order valence-corrected chi connectivity index (χ3v) is 2.34. The van der Waals surface area contributed by atoms with Crippen LogP contribution >= 0.6 is 0 Å². The van der Waals surface area contributed by atoms with Crippen molar-refractivity contribution in [2.45, 2.75) is 19.3 Å². The molecule has 8 nitrogen and oxygen atoms in total. The number of esters is 1. The summed E-state index contributed by atoms with van der Waals surface area (Å²) in [5, 5.41) is 25.9. The Bertz CT molecular complexity index is 461. The highest BCUT2D eigenvalue weighted by molar-refractivity contribution is 5.91. The zero-order valence-electron chi connectivity index (χ0n) is 10.6. The molecule has 0 saturated carbocycles. The Morgan fingerprint density at radius 2 is 1.95 bits per heavy atom. The quantitative estimate of drug-likeness (QED) is 0.269. The zero-order valence-corrected chi connectivity index (χ0v) is 10.6. The van der Waals surface area contributed by atoms with Gasteiger partial charge in [0.15, 0.2) is 0 Å². The van der Waals surface area contributed by atoms with Gasteiger partial charge in [-0.3, -0.25) is 4.79 Å². The van der Waals surface area contributed by atoms with E-state index >= 15 is 0 Å². The van der Waals surface area contributed by atoms with Gasteiger partial charge in [0.2, 0.25) is 0 Å². The van der Waals surface area contributed by atoms with Gasteiger partial charge in [0.1, 0.15) is 17.9 Å². The van der Waals surface area contributed by atoms with Gasteiger partial charge in [0, 0.05) is 6.42 Å². The number of benzene rings is 1. The molecule has 1 unspecified atom stereocenters. The monoisotopic (exact) mass is 285 g/mol. The van der Waals surface area contributed by atoms with E-state index in [4.69, 9.17) is 15.1 Å². The van der Waals surface area contributed by atoms with Crippen molar-refractivity contribution in [1.82, 2.24) is 0 Å². The minimum Gasteiger partial charge on any atom is -0.566 e. The molecule has 8 heteroatoms. The van der Waals surface area contributed by atoms with Gasteiger partial charge in [-0.1, -0.05) is 17.5 Å². The first-order valence-corrected chi connectivity index (χ1v) is 5.89. The van der Waals surface area contributed by atoms with Crippen molar-refractivity contribution in [2.24, 2.45) is 0 Å². The average molecular weight is 285 g/mol. The molecule has 1 rings (SSSR count). The predicted molar refractivity (Wildman–Crippen MR) is 65.0 cm³/mol. The lowest BCUT2D eigenvalue weighted by Crippen LogP contribution is -3.03. The lowest BCUT2D eigenvalue weighted by Gasteiger charge is -2.09. The Labute approximate surface area is 114 Å². The molecule has 1 aromatic rings. The molecule has 1 aromatic carbocycles. The van der Waals surface area contributed by atoms with E-state index in [1.54, 1.807) is 6.07 Å². The van der Waals surface area contributed by atoms with Gasteiger partial charge in [0.05, 0.1) is 0 Å². The number of quaternary nitrogens is 1. The van der Waals surface area contributed by atoms with E-state index in [0.717, 1.165) is 0 Å². The number of rotatable bonds is 8. The molecule has 0 aromatic heterocycles. The SMILES string of the molecule is O=C(CCCCO[NH+]([O-])O)Oc1ccccc1C(=O)O. The fraction of sp³-hybridized carbons (Fsp3) is 0.333. The topological polar surface area (TPSA) is 121 Å². The highest BCUT2D eigenvalue weighted by Crippen LogP contribution is 2.18. The van der Waals surface area contributed by atoms with Crippen LogP contribution in [-0.2, 0) is 9.63 Å². The van der Waals surface area contributed by atoms with Crippen LogP contribution in [0.15, 0.2) is 24.3 Å². The number of carbonyl (C=O) groups excluding carboxylic acids is 1. The van der Waals surface area contributed by atoms with Crippen molar-refractivity contribution < 1.29 is 34.9 Å². The Balaban J connectivity index is 2.37. The van der Waals surface area contributed by atoms with Crippen LogP contribution in [0.25, 0.3) is 0 Å². The molecule has 0 aliphatic carbocycles. The third kappa shape index (κ3) is 5.76. The molecule has 0 amide bonds. The van der Waals surface area contributed by atoms with Crippen LogP contribution in [0.5, 0.6) is 5.75 Å². The van der Waals surface area contributed by atoms with Crippen LogP contribution in [0.4, 0.5) is 0 Å². The number of hydrogen-bond acceptors (Lipinski definition) is 6. The fourth-order valence-electron chi connectivity index (χ4n) is 1.44. The van der Waals surface area contributed by atoms with Crippen LogP contribution in [0.2, 0.25) is 0 Å². The summed E-state index contributed by atoms with van der Waals surface area (Å²) in [7, 11) is 0. The maximum atomic E-state index is 11.5. The number of para-hydroxylation sites is 1. The summed E-state index contributed by atoms with van der Waals surface area (Å²) >= 11 is 0. The smallest absolute Gasteiger partial charge is 0.339 e. The van der Waals surface area contributed by atoms with Crippen molar-refractivity contribution in [1.29, 1.82) is 0 Å². The summed E-state index contributed by atoms with van der Waals surface area (Å²) in [6.07, 6.45) is 0.834. The van der Waals surface area contributed by atoms with E-state index in [0.29, 0.717) is 12.8 Å². The molecule has 0 aliphatic heterocycles. The number of ether oxygens (including phenoxy) is 1. The van der Waals surface area contributed by atoms with E-state index in [9.17, 15) is 14.8 Å². The second kappa shape index (κ2) is 8.23. The molecule has 0 spiro atoms. The number of carboxylic acid groups (broad SMARTS) is 1. The number of nitrogens with one attached hydrogen (secondary N) is 1. The Kier molecular flexibility index (Phi) is 6.60. The van der Waals surface area contributed by atoms with Crippen LogP contribution in [0.3, 0.4) is 0 Å². The van der Waals surface area contributed by atoms with E-state index in [2.05, 4.69) is 4.84 Å². The van der Waals surface area contributed by atoms with Crippen molar-refractivity contribution in [3.63, 3.8) is 0 Å². The first-order chi connectivity index (χ1) is 9.50. The molecule has 0 aliphatic rings. The van der Waals surface area contributed by atoms with Crippen molar-refractivity contribution in [3.05, 3.63) is 35.0 Å². The number of carboxylic acids is 1. The molecular weight excluding hydrogens is 270 g/mol. The Morgan fingerprint density at radius 1 is 1.25 bits per heavy atom. The first kappa shape index (κ1) is 16.1. The van der Waals surface area contributed by atoms with Gasteiger partial charge in [-0.25, -0.2) is 4.79 Å². The Hall–Kier alpha value is -2.00. The number of unbranched alkanes of at least 4 members (excludes halogenated alkanes) is 1. The van der Waals surface area contributed by atoms with Crippen molar-refractivity contribution in [2.75, 3.05) is 6.61 Å². The third-order valence-electron chi connectivity index (χ3n) is 2.34. The molecule has 110 valence electrons. The van der Waals surface area contributed by atoms with Crippen LogP contribution < -0.4 is 10.1 Å². The first-order valence-electron chi connectivity index (χ1n) is 5.89. The molecule has 0 radical (unpaired) electrons. The molecule has 0 bridgehead atoms. The lowest BCUT2D eigenvalue weighted by molar-refractivity contribution is -1.21. The van der Waals surface area contributed by atoms with Crippen molar-refractivity contribution in [3.8, 4) is 5.75 Å². The summed E-state index contributed by atoms with van der Waals surface area (Å²) in [5.41, 5.74) is -0.0879.